The molecule has 1 saturated heterocycles. The SMILES string of the molecule is CCCC1CCCCCCCCCCCC(=O)O1. The Morgan fingerprint density at radius 3 is 2.11 bits per heavy atom. The minimum atomic E-state index is 0.0329. The van der Waals surface area contributed by atoms with Crippen molar-refractivity contribution in [1.82, 2.24) is 0 Å². The van der Waals surface area contributed by atoms with Crippen LogP contribution in [0.3, 0.4) is 0 Å². The van der Waals surface area contributed by atoms with E-state index in [1.165, 1.54) is 51.4 Å². The summed E-state index contributed by atoms with van der Waals surface area (Å²) in [4.78, 5) is 11.7. The zero-order chi connectivity index (χ0) is 13.1. The molecule has 0 spiro atoms. The van der Waals surface area contributed by atoms with Crippen LogP contribution in [0.1, 0.15) is 90.4 Å². The van der Waals surface area contributed by atoms with Gasteiger partial charge in [-0.3, -0.25) is 4.79 Å². The van der Waals surface area contributed by atoms with Crippen LogP contribution in [0.5, 0.6) is 0 Å². The molecule has 1 unspecified atom stereocenters. The molecule has 0 radical (unpaired) electrons. The number of hydrogen-bond donors (Lipinski definition) is 0. The average molecular weight is 254 g/mol. The lowest BCUT2D eigenvalue weighted by Crippen LogP contribution is -2.18. The fraction of sp³-hybridized carbons (Fsp3) is 0.938. The van der Waals surface area contributed by atoms with E-state index in [-0.39, 0.29) is 12.1 Å². The first kappa shape index (κ1) is 15.5. The molecule has 0 aromatic rings. The van der Waals surface area contributed by atoms with Gasteiger partial charge in [0.15, 0.2) is 0 Å². The monoisotopic (exact) mass is 254 g/mol. The van der Waals surface area contributed by atoms with Gasteiger partial charge < -0.3 is 4.74 Å². The minimum absolute atomic E-state index is 0.0329. The molecule has 0 saturated carbocycles. The molecule has 1 atom stereocenters. The second-order valence-corrected chi connectivity index (χ2v) is 5.62. The first-order chi connectivity index (χ1) is 8.83. The van der Waals surface area contributed by atoms with Crippen LogP contribution in [0.25, 0.3) is 0 Å². The summed E-state index contributed by atoms with van der Waals surface area (Å²) in [6, 6.07) is 0. The molecule has 0 aliphatic carbocycles. The first-order valence-electron chi connectivity index (χ1n) is 8.02. The van der Waals surface area contributed by atoms with Gasteiger partial charge in [0.1, 0.15) is 6.10 Å². The molecule has 0 aromatic carbocycles. The number of ether oxygens (including phenoxy) is 1. The van der Waals surface area contributed by atoms with E-state index in [0.29, 0.717) is 6.42 Å². The van der Waals surface area contributed by atoms with E-state index < -0.39 is 0 Å². The Balaban J connectivity index is 2.33. The van der Waals surface area contributed by atoms with Gasteiger partial charge in [-0.05, 0) is 25.7 Å². The van der Waals surface area contributed by atoms with Gasteiger partial charge in [0.2, 0.25) is 0 Å². The largest absolute Gasteiger partial charge is 0.462 e. The number of cyclic esters (lactones) is 1. The highest BCUT2D eigenvalue weighted by molar-refractivity contribution is 5.69. The Bertz CT molecular complexity index is 213. The van der Waals surface area contributed by atoms with Crippen molar-refractivity contribution in [2.24, 2.45) is 0 Å². The minimum Gasteiger partial charge on any atom is -0.462 e. The Labute approximate surface area is 112 Å². The van der Waals surface area contributed by atoms with Gasteiger partial charge in [-0.25, -0.2) is 0 Å². The zero-order valence-corrected chi connectivity index (χ0v) is 12.1. The Morgan fingerprint density at radius 2 is 1.50 bits per heavy atom. The van der Waals surface area contributed by atoms with Crippen LogP contribution >= 0.6 is 0 Å². The van der Waals surface area contributed by atoms with Crippen LogP contribution in [0.2, 0.25) is 0 Å². The van der Waals surface area contributed by atoms with Crippen LogP contribution in [0.4, 0.5) is 0 Å². The topological polar surface area (TPSA) is 26.3 Å². The van der Waals surface area contributed by atoms with Gasteiger partial charge in [-0.2, -0.15) is 0 Å². The highest BCUT2D eigenvalue weighted by Crippen LogP contribution is 2.17. The van der Waals surface area contributed by atoms with Crippen molar-refractivity contribution in [2.45, 2.75) is 96.5 Å². The smallest absolute Gasteiger partial charge is 0.306 e. The molecule has 18 heavy (non-hydrogen) atoms. The van der Waals surface area contributed by atoms with E-state index in [0.717, 1.165) is 25.7 Å². The Morgan fingerprint density at radius 1 is 0.944 bits per heavy atom. The summed E-state index contributed by atoms with van der Waals surface area (Å²) in [7, 11) is 0. The van der Waals surface area contributed by atoms with Crippen LogP contribution in [-0.4, -0.2) is 12.1 Å². The normalized spacial score (nSPS) is 25.2. The molecule has 1 fully saturated rings. The highest BCUT2D eigenvalue weighted by Gasteiger charge is 2.13. The highest BCUT2D eigenvalue weighted by atomic mass is 16.5. The van der Waals surface area contributed by atoms with Crippen LogP contribution in [-0.2, 0) is 9.53 Å². The molecule has 2 heteroatoms. The maximum atomic E-state index is 11.7. The summed E-state index contributed by atoms with van der Waals surface area (Å²) in [6.45, 7) is 2.17. The van der Waals surface area contributed by atoms with E-state index >= 15 is 0 Å². The lowest BCUT2D eigenvalue weighted by Gasteiger charge is -2.17. The third-order valence-corrected chi connectivity index (χ3v) is 3.82. The number of hydrogen-bond acceptors (Lipinski definition) is 2. The molecular formula is C16H30O2. The molecule has 106 valence electrons. The number of rotatable bonds is 2. The summed E-state index contributed by atoms with van der Waals surface area (Å²) in [6.07, 6.45) is 15.5. The predicted octanol–water partition coefficient (Wildman–Crippen LogP) is 5.00. The van der Waals surface area contributed by atoms with Gasteiger partial charge in [-0.1, -0.05) is 58.3 Å². The maximum Gasteiger partial charge on any atom is 0.306 e. The molecule has 1 aliphatic rings. The Hall–Kier alpha value is -0.530. The van der Waals surface area contributed by atoms with Crippen LogP contribution in [0, 0.1) is 0 Å². The van der Waals surface area contributed by atoms with Crippen molar-refractivity contribution < 1.29 is 9.53 Å². The standard InChI is InChI=1S/C16H30O2/c1-2-12-15-13-10-8-6-4-3-5-7-9-11-14-16(17)18-15/h15H,2-14H2,1H3. The van der Waals surface area contributed by atoms with E-state index in [1.807, 2.05) is 0 Å². The maximum absolute atomic E-state index is 11.7. The summed E-state index contributed by atoms with van der Waals surface area (Å²) < 4.78 is 5.60. The molecule has 1 aliphatic heterocycles. The van der Waals surface area contributed by atoms with Crippen molar-refractivity contribution in [3.63, 3.8) is 0 Å². The average Bonchev–Trinajstić information content (AvgIpc) is 2.35. The molecule has 1 rings (SSSR count). The quantitative estimate of drug-likeness (QED) is 0.648. The summed E-state index contributed by atoms with van der Waals surface area (Å²) in [5, 5.41) is 0. The molecule has 2 nitrogen and oxygen atoms in total. The fourth-order valence-corrected chi connectivity index (χ4v) is 2.71. The van der Waals surface area contributed by atoms with E-state index in [9.17, 15) is 4.79 Å². The van der Waals surface area contributed by atoms with Crippen molar-refractivity contribution in [1.29, 1.82) is 0 Å². The van der Waals surface area contributed by atoms with Crippen molar-refractivity contribution in [2.75, 3.05) is 0 Å². The van der Waals surface area contributed by atoms with Crippen LogP contribution in [0.15, 0.2) is 0 Å². The predicted molar refractivity (Wildman–Crippen MR) is 75.6 cm³/mol. The molecule has 0 aromatic heterocycles. The second-order valence-electron chi connectivity index (χ2n) is 5.62. The third kappa shape index (κ3) is 7.73. The van der Waals surface area contributed by atoms with Crippen molar-refractivity contribution >= 4 is 5.97 Å². The van der Waals surface area contributed by atoms with Gasteiger partial charge >= 0.3 is 5.97 Å². The van der Waals surface area contributed by atoms with Gasteiger partial charge in [0.05, 0.1) is 0 Å². The van der Waals surface area contributed by atoms with Gasteiger partial charge in [-0.15, -0.1) is 0 Å². The lowest BCUT2D eigenvalue weighted by atomic mass is 10.0. The number of carbonyl (C=O) groups is 1. The fourth-order valence-electron chi connectivity index (χ4n) is 2.71. The summed E-state index contributed by atoms with van der Waals surface area (Å²) in [5.74, 6) is 0.0329. The zero-order valence-electron chi connectivity index (χ0n) is 12.1. The van der Waals surface area contributed by atoms with E-state index in [1.54, 1.807) is 0 Å². The third-order valence-electron chi connectivity index (χ3n) is 3.82. The molecule has 0 bridgehead atoms. The van der Waals surface area contributed by atoms with Gasteiger partial charge in [0.25, 0.3) is 0 Å². The molecule has 0 amide bonds. The van der Waals surface area contributed by atoms with E-state index in [4.69, 9.17) is 4.74 Å². The van der Waals surface area contributed by atoms with Gasteiger partial charge in [0, 0.05) is 6.42 Å². The Kier molecular flexibility index (Phi) is 8.97. The molecule has 0 N–H and O–H groups in total. The molecular weight excluding hydrogens is 224 g/mol. The number of carbonyl (C=O) groups excluding carboxylic acids is 1. The number of esters is 1. The van der Waals surface area contributed by atoms with E-state index in [2.05, 4.69) is 6.92 Å². The van der Waals surface area contributed by atoms with Crippen molar-refractivity contribution in [3.8, 4) is 0 Å². The second kappa shape index (κ2) is 10.4. The van der Waals surface area contributed by atoms with Crippen LogP contribution < -0.4 is 0 Å². The lowest BCUT2D eigenvalue weighted by molar-refractivity contribution is -0.150. The summed E-state index contributed by atoms with van der Waals surface area (Å²) >= 11 is 0. The first-order valence-corrected chi connectivity index (χ1v) is 8.02. The summed E-state index contributed by atoms with van der Waals surface area (Å²) in [5.41, 5.74) is 0. The molecule has 1 heterocycles. The van der Waals surface area contributed by atoms with Crippen molar-refractivity contribution in [3.05, 3.63) is 0 Å².